The van der Waals surface area contributed by atoms with Gasteiger partial charge < -0.3 is 4.74 Å². The summed E-state index contributed by atoms with van der Waals surface area (Å²) >= 11 is 0. The van der Waals surface area contributed by atoms with Gasteiger partial charge in [-0.25, -0.2) is 0 Å². The number of ether oxygens (including phenoxy) is 1. The first-order valence-electron chi connectivity index (χ1n) is 8.34. The quantitative estimate of drug-likeness (QED) is 0.363. The molecule has 0 atom stereocenters. The molecule has 0 N–H and O–H groups in total. The summed E-state index contributed by atoms with van der Waals surface area (Å²) in [7, 11) is 1.63. The van der Waals surface area contributed by atoms with Crippen molar-refractivity contribution in [3.63, 3.8) is 0 Å². The zero-order valence-electron chi connectivity index (χ0n) is 14.5. The fourth-order valence-corrected chi connectivity index (χ4v) is 2.97. The van der Waals surface area contributed by atoms with Crippen LogP contribution in [0.25, 0.3) is 0 Å². The molecule has 122 valence electrons. The Labute approximate surface area is 135 Å². The van der Waals surface area contributed by atoms with Crippen LogP contribution in [0.1, 0.15) is 50.4 Å². The van der Waals surface area contributed by atoms with Gasteiger partial charge in [-0.15, -0.1) is 0 Å². The molecule has 1 aromatic rings. The topological polar surface area (TPSA) is 26.3 Å². The highest BCUT2D eigenvalue weighted by atomic mass is 16.5. The Hall–Kier alpha value is -1.61. The standard InChI is InChI=1S/C19H30NO2/c1-5-13-20(14-6-2,15-7-3)16-12-19(21)17-8-10-18(22-4)11-9-17/h8-12,16H,5-7,13-15H2,1-4H3/q+1. The lowest BCUT2D eigenvalue weighted by atomic mass is 10.1. The van der Waals surface area contributed by atoms with Crippen molar-refractivity contribution >= 4 is 5.78 Å². The van der Waals surface area contributed by atoms with Crippen LogP contribution in [0, 0.1) is 0 Å². The lowest BCUT2D eigenvalue weighted by Gasteiger charge is -2.34. The summed E-state index contributed by atoms with van der Waals surface area (Å²) in [5.74, 6) is 0.835. The minimum absolute atomic E-state index is 0.0634. The number of carbonyl (C=O) groups excluding carboxylic acids is 1. The Morgan fingerprint density at radius 2 is 1.50 bits per heavy atom. The van der Waals surface area contributed by atoms with Crippen molar-refractivity contribution in [2.24, 2.45) is 0 Å². The molecule has 0 aliphatic heterocycles. The van der Waals surface area contributed by atoms with Crippen molar-refractivity contribution in [3.05, 3.63) is 42.1 Å². The molecule has 0 saturated carbocycles. The molecule has 0 amide bonds. The smallest absolute Gasteiger partial charge is 0.191 e. The number of rotatable bonds is 10. The molecular weight excluding hydrogens is 274 g/mol. The molecule has 0 spiro atoms. The van der Waals surface area contributed by atoms with Crippen molar-refractivity contribution < 1.29 is 14.0 Å². The lowest BCUT2D eigenvalue weighted by molar-refractivity contribution is -0.879. The van der Waals surface area contributed by atoms with E-state index in [1.54, 1.807) is 13.2 Å². The first-order chi connectivity index (χ1) is 10.6. The Morgan fingerprint density at radius 3 is 1.91 bits per heavy atom. The van der Waals surface area contributed by atoms with E-state index >= 15 is 0 Å². The number of carbonyl (C=O) groups is 1. The van der Waals surface area contributed by atoms with E-state index in [1.165, 1.54) is 0 Å². The first-order valence-corrected chi connectivity index (χ1v) is 8.34. The number of allylic oxidation sites excluding steroid dienone is 1. The Balaban J connectivity index is 2.89. The summed E-state index contributed by atoms with van der Waals surface area (Å²) in [4.78, 5) is 12.4. The van der Waals surface area contributed by atoms with Crippen molar-refractivity contribution in [1.29, 1.82) is 0 Å². The number of methoxy groups -OCH3 is 1. The van der Waals surface area contributed by atoms with Gasteiger partial charge in [0.05, 0.1) is 32.9 Å². The predicted octanol–water partition coefficient (Wildman–Crippen LogP) is 4.44. The molecule has 0 unspecified atom stereocenters. The molecule has 22 heavy (non-hydrogen) atoms. The van der Waals surface area contributed by atoms with E-state index in [9.17, 15) is 4.79 Å². The molecule has 0 fully saturated rings. The molecule has 0 saturated heterocycles. The molecule has 0 bridgehead atoms. The molecular formula is C19H30NO2+. The van der Waals surface area contributed by atoms with Crippen LogP contribution in [-0.4, -0.2) is 37.0 Å². The number of benzene rings is 1. The number of quaternary nitrogens is 1. The second-order valence-corrected chi connectivity index (χ2v) is 5.80. The van der Waals surface area contributed by atoms with E-state index in [0.717, 1.165) is 49.1 Å². The van der Waals surface area contributed by atoms with Crippen LogP contribution in [0.4, 0.5) is 0 Å². The third-order valence-corrected chi connectivity index (χ3v) is 3.92. The van der Waals surface area contributed by atoms with Gasteiger partial charge in [0.2, 0.25) is 0 Å². The maximum Gasteiger partial charge on any atom is 0.191 e. The van der Waals surface area contributed by atoms with E-state index in [1.807, 2.05) is 24.3 Å². The minimum atomic E-state index is 0.0634. The lowest BCUT2D eigenvalue weighted by Crippen LogP contribution is -2.44. The van der Waals surface area contributed by atoms with E-state index < -0.39 is 0 Å². The highest BCUT2D eigenvalue weighted by Crippen LogP contribution is 2.15. The fourth-order valence-electron chi connectivity index (χ4n) is 2.97. The van der Waals surface area contributed by atoms with Gasteiger partial charge in [0.25, 0.3) is 0 Å². The normalized spacial score (nSPS) is 11.8. The average Bonchev–Trinajstić information content (AvgIpc) is 2.53. The number of hydrogen-bond acceptors (Lipinski definition) is 2. The third-order valence-electron chi connectivity index (χ3n) is 3.92. The largest absolute Gasteiger partial charge is 0.497 e. The molecule has 0 heterocycles. The fraction of sp³-hybridized carbons (Fsp3) is 0.526. The maximum absolute atomic E-state index is 12.4. The third kappa shape index (κ3) is 5.30. The Bertz CT molecular complexity index is 460. The van der Waals surface area contributed by atoms with Crippen LogP contribution in [-0.2, 0) is 0 Å². The number of ketones is 1. The highest BCUT2D eigenvalue weighted by molar-refractivity contribution is 6.04. The van der Waals surface area contributed by atoms with Crippen LogP contribution < -0.4 is 4.74 Å². The van der Waals surface area contributed by atoms with Crippen molar-refractivity contribution in [2.75, 3.05) is 26.7 Å². The van der Waals surface area contributed by atoms with E-state index in [-0.39, 0.29) is 5.78 Å². The van der Waals surface area contributed by atoms with Gasteiger partial charge in [0, 0.05) is 11.6 Å². The van der Waals surface area contributed by atoms with Gasteiger partial charge in [0.15, 0.2) is 5.78 Å². The SMILES string of the molecule is CCC[N+](C=CC(=O)c1ccc(OC)cc1)(CCC)CCC. The highest BCUT2D eigenvalue weighted by Gasteiger charge is 2.22. The Kier molecular flexibility index (Phi) is 7.89. The summed E-state index contributed by atoms with van der Waals surface area (Å²) in [6.07, 6.45) is 7.25. The van der Waals surface area contributed by atoms with E-state index in [2.05, 4.69) is 27.0 Å². The summed E-state index contributed by atoms with van der Waals surface area (Å²) in [6.45, 7) is 9.89. The molecule has 0 aliphatic rings. The zero-order valence-corrected chi connectivity index (χ0v) is 14.5. The molecule has 0 aromatic heterocycles. The number of nitrogens with zero attached hydrogens (tertiary/aromatic N) is 1. The van der Waals surface area contributed by atoms with Gasteiger partial charge in [-0.2, -0.15) is 0 Å². The van der Waals surface area contributed by atoms with Gasteiger partial charge in [0.1, 0.15) is 5.75 Å². The molecule has 3 heteroatoms. The second kappa shape index (κ2) is 9.42. The van der Waals surface area contributed by atoms with Crippen LogP contribution in [0.2, 0.25) is 0 Å². The number of hydrogen-bond donors (Lipinski definition) is 0. The van der Waals surface area contributed by atoms with Crippen molar-refractivity contribution in [2.45, 2.75) is 40.0 Å². The molecule has 0 radical (unpaired) electrons. The minimum Gasteiger partial charge on any atom is -0.497 e. The van der Waals surface area contributed by atoms with E-state index in [0.29, 0.717) is 5.56 Å². The van der Waals surface area contributed by atoms with Crippen LogP contribution in [0.3, 0.4) is 0 Å². The summed E-state index contributed by atoms with van der Waals surface area (Å²) in [6, 6.07) is 7.29. The first kappa shape index (κ1) is 18.4. The molecule has 3 nitrogen and oxygen atoms in total. The summed E-state index contributed by atoms with van der Waals surface area (Å²) < 4.78 is 6.03. The van der Waals surface area contributed by atoms with Crippen molar-refractivity contribution in [3.8, 4) is 5.75 Å². The van der Waals surface area contributed by atoms with E-state index in [4.69, 9.17) is 4.74 Å². The van der Waals surface area contributed by atoms with Crippen LogP contribution in [0.5, 0.6) is 5.75 Å². The predicted molar refractivity (Wildman–Crippen MR) is 92.2 cm³/mol. The van der Waals surface area contributed by atoms with Crippen LogP contribution in [0.15, 0.2) is 36.5 Å². The Morgan fingerprint density at radius 1 is 1.00 bits per heavy atom. The molecule has 1 rings (SSSR count). The second-order valence-electron chi connectivity index (χ2n) is 5.80. The monoisotopic (exact) mass is 304 g/mol. The average molecular weight is 304 g/mol. The molecule has 0 aliphatic carbocycles. The maximum atomic E-state index is 12.4. The van der Waals surface area contributed by atoms with Gasteiger partial charge in [-0.1, -0.05) is 20.8 Å². The summed E-state index contributed by atoms with van der Waals surface area (Å²) in [5, 5.41) is 0. The van der Waals surface area contributed by atoms with Gasteiger partial charge in [-0.3, -0.25) is 9.28 Å². The summed E-state index contributed by atoms with van der Waals surface area (Å²) in [5.41, 5.74) is 0.708. The van der Waals surface area contributed by atoms with Crippen LogP contribution >= 0.6 is 0 Å². The van der Waals surface area contributed by atoms with Crippen molar-refractivity contribution in [1.82, 2.24) is 0 Å². The zero-order chi connectivity index (χ0) is 16.4. The van der Waals surface area contributed by atoms with Gasteiger partial charge in [-0.05, 0) is 43.5 Å². The molecule has 1 aromatic carbocycles. The van der Waals surface area contributed by atoms with Gasteiger partial charge >= 0.3 is 0 Å².